The van der Waals surface area contributed by atoms with Crippen LogP contribution in [0.1, 0.15) is 114 Å². The Bertz CT molecular complexity index is 2480. The number of rotatable bonds is 29. The molecule has 7 rings (SSSR count). The highest BCUT2D eigenvalue weighted by Gasteiger charge is 2.33. The topological polar surface area (TPSA) is 144 Å². The number of nitrogens with zero attached hydrogens (tertiary/aromatic N) is 3. The summed E-state index contributed by atoms with van der Waals surface area (Å²) in [6.07, 6.45) is 16.2. The molecule has 0 atom stereocenters. The zero-order valence-electron chi connectivity index (χ0n) is 42.7. The number of carbonyl (C=O) groups is 3. The van der Waals surface area contributed by atoms with Gasteiger partial charge in [0.15, 0.2) is 0 Å². The van der Waals surface area contributed by atoms with Gasteiger partial charge in [0.25, 0.3) is 0 Å². The van der Waals surface area contributed by atoms with Gasteiger partial charge in [-0.15, -0.1) is 0 Å². The second-order valence-electron chi connectivity index (χ2n) is 18.9. The molecule has 4 aromatic carbocycles. The first-order chi connectivity index (χ1) is 35.8. The Morgan fingerprint density at radius 2 is 1.37 bits per heavy atom. The summed E-state index contributed by atoms with van der Waals surface area (Å²) in [5.74, 6) is 1.26. The molecule has 0 amide bonds. The third-order valence-electron chi connectivity index (χ3n) is 13.7. The first-order valence-corrected chi connectivity index (χ1v) is 27.1. The predicted octanol–water partition coefficient (Wildman–Crippen LogP) is 12.5. The van der Waals surface area contributed by atoms with E-state index in [9.17, 15) is 14.4 Å². The Morgan fingerprint density at radius 3 is 2.07 bits per heavy atom. The molecule has 2 saturated carbocycles. The number of hydrazone groups is 1. The van der Waals surface area contributed by atoms with Gasteiger partial charge < -0.3 is 33.2 Å². The van der Waals surface area contributed by atoms with Crippen LogP contribution in [0.15, 0.2) is 109 Å². The van der Waals surface area contributed by atoms with E-state index in [4.69, 9.17) is 43.2 Å². The Hall–Kier alpha value is -5.93. The molecule has 14 heteroatoms. The van der Waals surface area contributed by atoms with Crippen molar-refractivity contribution in [3.63, 3.8) is 0 Å². The second-order valence-corrected chi connectivity index (χ2v) is 19.9. The quantitative estimate of drug-likeness (QED) is 0.0112. The fraction of sp³-hybridized carbons (Fsp3) is 0.475. The van der Waals surface area contributed by atoms with Crippen molar-refractivity contribution in [2.24, 2.45) is 22.9 Å². The van der Waals surface area contributed by atoms with Gasteiger partial charge in [-0.05, 0) is 154 Å². The van der Waals surface area contributed by atoms with Crippen molar-refractivity contribution in [2.75, 3.05) is 64.9 Å². The number of aromatic nitrogens is 1. The van der Waals surface area contributed by atoms with Gasteiger partial charge in [-0.3, -0.25) is 9.59 Å². The average Bonchev–Trinajstić information content (AvgIpc) is 3.86. The molecule has 2 aliphatic rings. The number of para-hydroxylation sites is 1. The minimum absolute atomic E-state index is 0.306. The van der Waals surface area contributed by atoms with Gasteiger partial charge in [-0.1, -0.05) is 80.1 Å². The average molecular weight is 1020 g/mol. The third kappa shape index (κ3) is 17.3. The first kappa shape index (κ1) is 54.8. The molecule has 5 aromatic rings. The van der Waals surface area contributed by atoms with Crippen molar-refractivity contribution < 1.29 is 47.5 Å². The van der Waals surface area contributed by atoms with Crippen LogP contribution in [0.4, 0.5) is 5.13 Å². The summed E-state index contributed by atoms with van der Waals surface area (Å²) >= 11 is 1.55. The van der Waals surface area contributed by atoms with E-state index in [1.54, 1.807) is 48.9 Å². The maximum atomic E-state index is 14.0. The van der Waals surface area contributed by atoms with Crippen molar-refractivity contribution in [1.29, 1.82) is 0 Å². The summed E-state index contributed by atoms with van der Waals surface area (Å²) in [7, 11) is 1.65. The summed E-state index contributed by atoms with van der Waals surface area (Å²) in [6, 6.07) is 29.9. The number of methoxy groups -OCH3 is 1. The second kappa shape index (κ2) is 29.7. The van der Waals surface area contributed by atoms with E-state index >= 15 is 0 Å². The molecule has 0 aliphatic heterocycles. The number of esters is 3. The van der Waals surface area contributed by atoms with E-state index < -0.39 is 5.97 Å². The van der Waals surface area contributed by atoms with E-state index in [0.29, 0.717) is 112 Å². The molecule has 1 aromatic heterocycles. The molecule has 0 unspecified atom stereocenters. The van der Waals surface area contributed by atoms with E-state index in [-0.39, 0.29) is 23.8 Å². The molecule has 73 heavy (non-hydrogen) atoms. The highest BCUT2D eigenvalue weighted by Crippen LogP contribution is 2.39. The van der Waals surface area contributed by atoms with Crippen LogP contribution >= 0.6 is 11.3 Å². The Kier molecular flexibility index (Phi) is 22.3. The van der Waals surface area contributed by atoms with Crippen LogP contribution in [-0.2, 0) is 33.3 Å². The number of hydrogen-bond acceptors (Lipinski definition) is 14. The molecule has 2 fully saturated rings. The monoisotopic (exact) mass is 1020 g/mol. The fourth-order valence-electron chi connectivity index (χ4n) is 9.52. The molecule has 390 valence electrons. The standard InChI is InChI=1S/C59H73N3O10S/c1-4-12-43-15-17-44(18-16-43)45-19-21-46(22-20-45)49-27-32-54(50(41-49)42-60-62(33-36-67-39-40-68-38-37-66-3)59-61-53-13-8-9-14-55(53)73-59)72-58(65)48-25-23-47(24-26-48)57(64)71-52-30-28-51(29-31-52)69-34-10-6-7-11-35-70-56(63)5-2/h5,8-9,13-14,19-22,27-32,41-44,47-48H,2,4,6-7,10-12,15-18,23-26,33-40H2,1,3H3/b60-42+. The minimum Gasteiger partial charge on any atom is -0.494 e. The summed E-state index contributed by atoms with van der Waals surface area (Å²) in [6.45, 7) is 9.36. The number of ether oxygens (including phenoxy) is 7. The predicted molar refractivity (Wildman–Crippen MR) is 288 cm³/mol. The van der Waals surface area contributed by atoms with Crippen molar-refractivity contribution in [3.05, 3.63) is 115 Å². The smallest absolute Gasteiger partial charge is 0.330 e. The maximum Gasteiger partial charge on any atom is 0.330 e. The molecule has 13 nitrogen and oxygen atoms in total. The van der Waals surface area contributed by atoms with Crippen molar-refractivity contribution in [2.45, 2.75) is 103 Å². The zero-order chi connectivity index (χ0) is 51.0. The Labute approximate surface area is 435 Å². The number of thiazole rings is 1. The summed E-state index contributed by atoms with van der Waals surface area (Å²) in [5.41, 5.74) is 4.98. The van der Waals surface area contributed by atoms with E-state index in [2.05, 4.69) is 37.8 Å². The lowest BCUT2D eigenvalue weighted by atomic mass is 9.77. The molecule has 0 radical (unpaired) electrons. The van der Waals surface area contributed by atoms with Gasteiger partial charge in [-0.25, -0.2) is 14.8 Å². The van der Waals surface area contributed by atoms with Crippen molar-refractivity contribution in [3.8, 4) is 28.4 Å². The molecular weight excluding hydrogens is 943 g/mol. The fourth-order valence-corrected chi connectivity index (χ4v) is 10.5. The molecule has 0 bridgehead atoms. The maximum absolute atomic E-state index is 14.0. The molecule has 2 aliphatic carbocycles. The van der Waals surface area contributed by atoms with Crippen LogP contribution in [0.2, 0.25) is 0 Å². The Morgan fingerprint density at radius 1 is 0.712 bits per heavy atom. The molecule has 0 spiro atoms. The minimum atomic E-state index is -0.398. The third-order valence-corrected chi connectivity index (χ3v) is 14.8. The van der Waals surface area contributed by atoms with E-state index in [0.717, 1.165) is 52.9 Å². The van der Waals surface area contributed by atoms with Crippen molar-refractivity contribution in [1.82, 2.24) is 4.98 Å². The number of anilines is 1. The molecule has 0 N–H and O–H groups in total. The van der Waals surface area contributed by atoms with Gasteiger partial charge in [0.2, 0.25) is 5.13 Å². The van der Waals surface area contributed by atoms with Gasteiger partial charge in [0.05, 0.1) is 81.1 Å². The van der Waals surface area contributed by atoms with Crippen LogP contribution in [0.5, 0.6) is 17.2 Å². The Balaban J connectivity index is 0.980. The van der Waals surface area contributed by atoms with E-state index in [1.165, 1.54) is 50.2 Å². The van der Waals surface area contributed by atoms with Gasteiger partial charge in [0, 0.05) is 18.7 Å². The highest BCUT2D eigenvalue weighted by molar-refractivity contribution is 7.22. The number of benzene rings is 4. The van der Waals surface area contributed by atoms with Crippen molar-refractivity contribution >= 4 is 50.8 Å². The summed E-state index contributed by atoms with van der Waals surface area (Å²) in [5, 5.41) is 7.55. The number of fused-ring (bicyclic) bond motifs is 1. The molecular formula is C59H73N3O10S. The lowest BCUT2D eigenvalue weighted by molar-refractivity contribution is -0.145. The van der Waals surface area contributed by atoms with E-state index in [1.807, 2.05) is 47.5 Å². The van der Waals surface area contributed by atoms with Crippen LogP contribution in [0, 0.1) is 17.8 Å². The van der Waals surface area contributed by atoms with Crippen LogP contribution in [0.25, 0.3) is 21.3 Å². The van der Waals surface area contributed by atoms with Gasteiger partial charge in [0.1, 0.15) is 17.2 Å². The van der Waals surface area contributed by atoms with Crippen LogP contribution in [0.3, 0.4) is 0 Å². The normalized spacial score (nSPS) is 17.8. The first-order valence-electron chi connectivity index (χ1n) is 26.3. The zero-order valence-corrected chi connectivity index (χ0v) is 43.5. The number of hydrogen-bond donors (Lipinski definition) is 0. The summed E-state index contributed by atoms with van der Waals surface area (Å²) in [4.78, 5) is 43.3. The largest absolute Gasteiger partial charge is 0.494 e. The van der Waals surface area contributed by atoms with Gasteiger partial charge in [-0.2, -0.15) is 5.10 Å². The lowest BCUT2D eigenvalue weighted by Crippen LogP contribution is -2.30. The lowest BCUT2D eigenvalue weighted by Gasteiger charge is -2.28. The van der Waals surface area contributed by atoms with Crippen LogP contribution < -0.4 is 19.2 Å². The highest BCUT2D eigenvalue weighted by atomic mass is 32.1. The number of carbonyl (C=O) groups excluding carboxylic acids is 3. The summed E-state index contributed by atoms with van der Waals surface area (Å²) < 4.78 is 40.6. The molecule has 1 heterocycles. The van der Waals surface area contributed by atoms with Gasteiger partial charge >= 0.3 is 17.9 Å². The SMILES string of the molecule is C=CC(=O)OCCCCCCOc1ccc(OC(=O)C2CCC(C(=O)Oc3ccc(-c4ccc(C5CCC(CCC)CC5)cc4)cc3/C=N/N(CCOCCOCCOC)c3nc4ccccc4s3)CC2)cc1. The number of unbranched alkanes of at least 4 members (excludes halogenated alkanes) is 3. The molecule has 0 saturated heterocycles. The van der Waals surface area contributed by atoms with Crippen LogP contribution in [-0.4, -0.2) is 89.0 Å².